The summed E-state index contributed by atoms with van der Waals surface area (Å²) >= 11 is 3.20. The molecule has 0 unspecified atom stereocenters. The molecule has 0 aliphatic rings. The molecule has 0 saturated carbocycles. The first-order chi connectivity index (χ1) is 4.81. The van der Waals surface area contributed by atoms with Crippen molar-refractivity contribution in [2.24, 2.45) is 0 Å². The second-order valence-electron chi connectivity index (χ2n) is 1.50. The van der Waals surface area contributed by atoms with E-state index in [0.717, 1.165) is 5.33 Å². The molecule has 0 aromatic heterocycles. The number of hydrogen-bond acceptors (Lipinski definition) is 2. The lowest BCUT2D eigenvalue weighted by Gasteiger charge is -1.97. The molecule has 0 aliphatic carbocycles. The molecule has 0 fully saturated rings. The molecule has 4 heteroatoms. The van der Waals surface area contributed by atoms with Gasteiger partial charge in [-0.3, -0.25) is 0 Å². The lowest BCUT2D eigenvalue weighted by atomic mass is 10.5. The topological polar surface area (TPSA) is 38.3 Å². The Kier molecular flexibility index (Phi) is 6.27. The van der Waals surface area contributed by atoms with Gasteiger partial charge in [0.1, 0.15) is 0 Å². The average molecular weight is 208 g/mol. The van der Waals surface area contributed by atoms with Crippen molar-refractivity contribution in [2.45, 2.75) is 0 Å². The molecule has 0 aliphatic heterocycles. The highest BCUT2D eigenvalue weighted by Crippen LogP contribution is 1.80. The van der Waals surface area contributed by atoms with E-state index in [-0.39, 0.29) is 0 Å². The fourth-order valence-electron chi connectivity index (χ4n) is 0.361. The first-order valence-electron chi connectivity index (χ1n) is 2.84. The van der Waals surface area contributed by atoms with Gasteiger partial charge >= 0.3 is 6.09 Å². The fourth-order valence-corrected chi connectivity index (χ4v) is 0.625. The van der Waals surface area contributed by atoms with Crippen molar-refractivity contribution in [1.29, 1.82) is 0 Å². The van der Waals surface area contributed by atoms with Gasteiger partial charge in [0.25, 0.3) is 0 Å². The molecule has 10 heavy (non-hydrogen) atoms. The number of ether oxygens (including phenoxy) is 1. The highest BCUT2D eigenvalue weighted by Gasteiger charge is 1.91. The van der Waals surface area contributed by atoms with E-state index in [9.17, 15) is 4.79 Å². The summed E-state index contributed by atoms with van der Waals surface area (Å²) in [6.45, 7) is 0.512. The maximum Gasteiger partial charge on any atom is 0.407 e. The number of methoxy groups -OCH3 is 1. The Morgan fingerprint density at radius 3 is 2.90 bits per heavy atom. The number of alkyl carbamates (subject to hydrolysis) is 1. The van der Waals surface area contributed by atoms with Gasteiger partial charge < -0.3 is 10.1 Å². The van der Waals surface area contributed by atoms with Crippen LogP contribution in [0.25, 0.3) is 0 Å². The number of halogens is 1. The van der Waals surface area contributed by atoms with Crippen LogP contribution in [0.1, 0.15) is 0 Å². The van der Waals surface area contributed by atoms with E-state index in [0.29, 0.717) is 6.54 Å². The second kappa shape index (κ2) is 6.61. The van der Waals surface area contributed by atoms with E-state index in [1.54, 1.807) is 0 Å². The summed E-state index contributed by atoms with van der Waals surface area (Å²) in [7, 11) is 1.34. The summed E-state index contributed by atoms with van der Waals surface area (Å²) in [5, 5.41) is 3.30. The van der Waals surface area contributed by atoms with Crippen LogP contribution >= 0.6 is 15.9 Å². The SMILES string of the molecule is COC(=O)NC/C=C/CBr. The van der Waals surface area contributed by atoms with Gasteiger partial charge in [0.15, 0.2) is 0 Å². The summed E-state index contributed by atoms with van der Waals surface area (Å²) < 4.78 is 4.33. The first-order valence-corrected chi connectivity index (χ1v) is 3.96. The maximum absolute atomic E-state index is 10.4. The molecule has 1 amide bonds. The minimum absolute atomic E-state index is 0.403. The molecule has 0 spiro atoms. The van der Waals surface area contributed by atoms with Crippen LogP contribution in [0.5, 0.6) is 0 Å². The zero-order valence-corrected chi connectivity index (χ0v) is 7.35. The van der Waals surface area contributed by atoms with Crippen LogP contribution in [-0.2, 0) is 4.74 Å². The van der Waals surface area contributed by atoms with E-state index >= 15 is 0 Å². The lowest BCUT2D eigenvalue weighted by Crippen LogP contribution is -2.22. The van der Waals surface area contributed by atoms with Crippen LogP contribution in [0.4, 0.5) is 4.79 Å². The van der Waals surface area contributed by atoms with Crippen LogP contribution in [-0.4, -0.2) is 25.1 Å². The average Bonchev–Trinajstić information content (AvgIpc) is 1.98. The Morgan fingerprint density at radius 1 is 1.70 bits per heavy atom. The van der Waals surface area contributed by atoms with Gasteiger partial charge in [-0.05, 0) is 0 Å². The highest BCUT2D eigenvalue weighted by molar-refractivity contribution is 9.09. The standard InChI is InChI=1S/C6H10BrNO2/c1-10-6(9)8-5-3-2-4-7/h2-3H,4-5H2,1H3,(H,8,9)/b3-2+. The van der Waals surface area contributed by atoms with Crippen LogP contribution in [0.2, 0.25) is 0 Å². The molecule has 0 saturated heterocycles. The molecule has 0 radical (unpaired) electrons. The minimum Gasteiger partial charge on any atom is -0.453 e. The van der Waals surface area contributed by atoms with E-state index < -0.39 is 6.09 Å². The molecule has 0 atom stereocenters. The molecular weight excluding hydrogens is 198 g/mol. The smallest absolute Gasteiger partial charge is 0.407 e. The van der Waals surface area contributed by atoms with Crippen molar-refractivity contribution in [3.05, 3.63) is 12.2 Å². The quantitative estimate of drug-likeness (QED) is 0.560. The second-order valence-corrected chi connectivity index (χ2v) is 2.15. The number of carbonyl (C=O) groups excluding carboxylic acids is 1. The summed E-state index contributed by atoms with van der Waals surface area (Å²) in [4.78, 5) is 10.4. The molecular formula is C6H10BrNO2. The van der Waals surface area contributed by atoms with Gasteiger partial charge in [-0.15, -0.1) is 0 Å². The first kappa shape index (κ1) is 9.49. The summed E-state index contributed by atoms with van der Waals surface area (Å²) in [6, 6.07) is 0. The zero-order valence-electron chi connectivity index (χ0n) is 5.76. The van der Waals surface area contributed by atoms with Gasteiger partial charge in [0, 0.05) is 11.9 Å². The highest BCUT2D eigenvalue weighted by atomic mass is 79.9. The van der Waals surface area contributed by atoms with Crippen LogP contribution < -0.4 is 5.32 Å². The Morgan fingerprint density at radius 2 is 2.40 bits per heavy atom. The minimum atomic E-state index is -0.403. The Hall–Kier alpha value is -0.510. The van der Waals surface area contributed by atoms with E-state index in [4.69, 9.17) is 0 Å². The third kappa shape index (κ3) is 5.62. The predicted molar refractivity (Wildman–Crippen MR) is 43.3 cm³/mol. The largest absolute Gasteiger partial charge is 0.453 e. The number of amides is 1. The van der Waals surface area contributed by atoms with Gasteiger partial charge in [-0.1, -0.05) is 28.1 Å². The van der Waals surface area contributed by atoms with Gasteiger partial charge in [0.2, 0.25) is 0 Å². The molecule has 0 aromatic rings. The van der Waals surface area contributed by atoms with Crippen LogP contribution in [0.3, 0.4) is 0 Å². The van der Waals surface area contributed by atoms with E-state index in [1.165, 1.54) is 7.11 Å². The van der Waals surface area contributed by atoms with Crippen LogP contribution in [0.15, 0.2) is 12.2 Å². The predicted octanol–water partition coefficient (Wildman–Crippen LogP) is 1.29. The van der Waals surface area contributed by atoms with E-state index in [2.05, 4.69) is 26.0 Å². The normalized spacial score (nSPS) is 9.80. The van der Waals surface area contributed by atoms with Crippen molar-refractivity contribution >= 4 is 22.0 Å². The third-order valence-electron chi connectivity index (χ3n) is 0.805. The van der Waals surface area contributed by atoms with Gasteiger partial charge in [-0.25, -0.2) is 4.79 Å². The van der Waals surface area contributed by atoms with Crippen molar-refractivity contribution in [3.8, 4) is 0 Å². The third-order valence-corrected chi connectivity index (χ3v) is 1.18. The molecule has 0 aromatic carbocycles. The number of allylic oxidation sites excluding steroid dienone is 1. The maximum atomic E-state index is 10.4. The summed E-state index contributed by atoms with van der Waals surface area (Å²) in [6.07, 6.45) is 3.33. The Balaban J connectivity index is 3.19. The molecule has 1 N–H and O–H groups in total. The Labute approximate surface area is 68.6 Å². The number of alkyl halides is 1. The van der Waals surface area contributed by atoms with Gasteiger partial charge in [-0.2, -0.15) is 0 Å². The zero-order chi connectivity index (χ0) is 7.82. The number of rotatable bonds is 3. The summed E-state index contributed by atoms with van der Waals surface area (Å²) in [5.41, 5.74) is 0. The number of carbonyl (C=O) groups is 1. The van der Waals surface area contributed by atoms with Crippen molar-refractivity contribution in [2.75, 3.05) is 19.0 Å². The van der Waals surface area contributed by atoms with Crippen molar-refractivity contribution < 1.29 is 9.53 Å². The molecule has 58 valence electrons. The monoisotopic (exact) mass is 207 g/mol. The molecule has 3 nitrogen and oxygen atoms in total. The van der Waals surface area contributed by atoms with E-state index in [1.807, 2.05) is 12.2 Å². The number of nitrogens with one attached hydrogen (secondary N) is 1. The van der Waals surface area contributed by atoms with Crippen LogP contribution in [0, 0.1) is 0 Å². The summed E-state index contributed by atoms with van der Waals surface area (Å²) in [5.74, 6) is 0. The molecule has 0 rings (SSSR count). The number of hydrogen-bond donors (Lipinski definition) is 1. The van der Waals surface area contributed by atoms with Crippen molar-refractivity contribution in [3.63, 3.8) is 0 Å². The molecule has 0 heterocycles. The fraction of sp³-hybridized carbons (Fsp3) is 0.500. The Bertz CT molecular complexity index is 125. The lowest BCUT2D eigenvalue weighted by molar-refractivity contribution is 0.172. The molecule has 0 bridgehead atoms. The van der Waals surface area contributed by atoms with Gasteiger partial charge in [0.05, 0.1) is 7.11 Å². The van der Waals surface area contributed by atoms with Crippen molar-refractivity contribution in [1.82, 2.24) is 5.32 Å².